The van der Waals surface area contributed by atoms with E-state index in [-0.39, 0.29) is 63.6 Å². The smallest absolute Gasteiger partial charge is 0.548 e. The van der Waals surface area contributed by atoms with Gasteiger partial charge in [-0.3, -0.25) is 10.1 Å². The molecule has 0 radical (unpaired) electrons. The number of non-ortho nitro benzene ring substituents is 1. The van der Waals surface area contributed by atoms with Gasteiger partial charge in [-0.25, -0.2) is 0 Å². The molecule has 1 rings (SSSR count). The molecular weight excluding hydrogens is 239 g/mol. The Morgan fingerprint density at radius 1 is 1.38 bits per heavy atom. The number of carbonyl (C=O) groups is 1. The Kier molecular flexibility index (Phi) is 6.76. The first-order valence-electron chi connectivity index (χ1n) is 4.16. The first-order chi connectivity index (χ1) is 7.00. The van der Waals surface area contributed by atoms with Crippen molar-refractivity contribution in [3.05, 3.63) is 34.4 Å². The number of anilines is 1. The number of rotatable bonds is 4. The molecule has 0 unspecified atom stereocenters. The Balaban J connectivity index is 0.00000225. The van der Waals surface area contributed by atoms with Crippen LogP contribution in [0, 0.1) is 10.1 Å². The minimum atomic E-state index is -1.20. The van der Waals surface area contributed by atoms with E-state index in [0.29, 0.717) is 5.69 Å². The van der Waals surface area contributed by atoms with Crippen LogP contribution < -0.4 is 61.4 Å². The van der Waals surface area contributed by atoms with Crippen LogP contribution >= 0.6 is 0 Å². The molecule has 0 N–H and O–H groups in total. The predicted octanol–water partition coefficient (Wildman–Crippen LogP) is -3.22. The van der Waals surface area contributed by atoms with Crippen molar-refractivity contribution in [2.45, 2.75) is 0 Å². The number of nitro benzene ring substituents is 1. The van der Waals surface area contributed by atoms with Gasteiger partial charge in [0, 0.05) is 24.9 Å². The number of nitro groups is 1. The molecule has 0 fully saturated rings. The monoisotopic (exact) mass is 248 g/mol. The van der Waals surface area contributed by atoms with Crippen LogP contribution in [0.3, 0.4) is 0 Å². The topological polar surface area (TPSA) is 86.5 Å². The summed E-state index contributed by atoms with van der Waals surface area (Å²) >= 11 is 0. The van der Waals surface area contributed by atoms with E-state index in [1.165, 1.54) is 29.2 Å². The molecule has 0 heterocycles. The van der Waals surface area contributed by atoms with E-state index in [2.05, 4.69) is 0 Å². The van der Waals surface area contributed by atoms with E-state index in [9.17, 15) is 20.0 Å². The van der Waals surface area contributed by atoms with Crippen molar-refractivity contribution in [1.82, 2.24) is 0 Å². The summed E-state index contributed by atoms with van der Waals surface area (Å²) in [6.07, 6.45) is 0. The van der Waals surface area contributed by atoms with Crippen molar-refractivity contribution < 1.29 is 66.2 Å². The third-order valence-electron chi connectivity index (χ3n) is 1.87. The molecule has 0 bridgehead atoms. The quantitative estimate of drug-likeness (QED) is 0.318. The van der Waals surface area contributed by atoms with Gasteiger partial charge in [-0.2, -0.15) is 0 Å². The summed E-state index contributed by atoms with van der Waals surface area (Å²) in [6.45, 7) is -0.252. The van der Waals surface area contributed by atoms with Crippen LogP contribution in [0.2, 0.25) is 0 Å². The molecular formula is C9H9KN2O4. The molecule has 7 heteroatoms. The van der Waals surface area contributed by atoms with E-state index >= 15 is 0 Å². The maximum atomic E-state index is 10.3. The Morgan fingerprint density at radius 3 is 2.25 bits per heavy atom. The van der Waals surface area contributed by atoms with Crippen LogP contribution in [0.15, 0.2) is 24.3 Å². The number of carboxylic acid groups (broad SMARTS) is 1. The van der Waals surface area contributed by atoms with Gasteiger partial charge in [0.2, 0.25) is 0 Å². The van der Waals surface area contributed by atoms with Gasteiger partial charge in [-0.1, -0.05) is 0 Å². The van der Waals surface area contributed by atoms with E-state index in [4.69, 9.17) is 0 Å². The Morgan fingerprint density at radius 2 is 1.88 bits per heavy atom. The number of aliphatic carboxylic acids is 1. The van der Waals surface area contributed by atoms with Crippen LogP contribution in [0.5, 0.6) is 0 Å². The van der Waals surface area contributed by atoms with Gasteiger partial charge in [0.25, 0.3) is 5.69 Å². The third-order valence-corrected chi connectivity index (χ3v) is 1.87. The molecule has 0 atom stereocenters. The zero-order valence-electron chi connectivity index (χ0n) is 9.04. The first kappa shape index (κ1) is 15.5. The second-order valence-electron chi connectivity index (χ2n) is 3.00. The Labute approximate surface area is 135 Å². The molecule has 0 saturated carbocycles. The van der Waals surface area contributed by atoms with E-state index < -0.39 is 10.9 Å². The number of carboxylic acids is 1. The minimum absolute atomic E-state index is 0. The molecule has 0 aliphatic rings. The maximum Gasteiger partial charge on any atom is 1.00 e. The predicted molar refractivity (Wildman–Crippen MR) is 51.4 cm³/mol. The summed E-state index contributed by atoms with van der Waals surface area (Å²) in [4.78, 5) is 21.6. The van der Waals surface area contributed by atoms with Crippen molar-refractivity contribution >= 4 is 17.3 Å². The number of benzene rings is 1. The largest absolute Gasteiger partial charge is 1.00 e. The Hall–Kier alpha value is -0.474. The van der Waals surface area contributed by atoms with E-state index in [1.54, 1.807) is 7.05 Å². The molecule has 0 spiro atoms. The van der Waals surface area contributed by atoms with Crippen LogP contribution in [-0.2, 0) is 4.79 Å². The van der Waals surface area contributed by atoms with E-state index in [1.807, 2.05) is 0 Å². The third kappa shape index (κ3) is 4.58. The summed E-state index contributed by atoms with van der Waals surface area (Å²) in [7, 11) is 1.57. The van der Waals surface area contributed by atoms with Gasteiger partial charge in [-0.05, 0) is 12.1 Å². The van der Waals surface area contributed by atoms with Gasteiger partial charge in [0.1, 0.15) is 0 Å². The second kappa shape index (κ2) is 6.97. The van der Waals surface area contributed by atoms with Crippen molar-refractivity contribution in [1.29, 1.82) is 0 Å². The van der Waals surface area contributed by atoms with Gasteiger partial charge in [0.15, 0.2) is 0 Å². The van der Waals surface area contributed by atoms with Crippen molar-refractivity contribution in [2.75, 3.05) is 18.5 Å². The fourth-order valence-electron chi connectivity index (χ4n) is 1.11. The van der Waals surface area contributed by atoms with Crippen LogP contribution in [0.1, 0.15) is 0 Å². The van der Waals surface area contributed by atoms with Crippen molar-refractivity contribution in [3.8, 4) is 0 Å². The van der Waals surface area contributed by atoms with Crippen LogP contribution in [0.25, 0.3) is 0 Å². The Bertz CT molecular complexity index is 380. The molecule has 0 aliphatic carbocycles. The number of hydrogen-bond donors (Lipinski definition) is 0. The van der Waals surface area contributed by atoms with Gasteiger partial charge in [-0.15, -0.1) is 0 Å². The minimum Gasteiger partial charge on any atom is -0.548 e. The van der Waals surface area contributed by atoms with E-state index in [0.717, 1.165) is 0 Å². The summed E-state index contributed by atoms with van der Waals surface area (Å²) in [5, 5.41) is 20.6. The molecule has 16 heavy (non-hydrogen) atoms. The molecule has 0 amide bonds. The fraction of sp³-hybridized carbons (Fsp3) is 0.222. The molecule has 0 aromatic heterocycles. The summed E-state index contributed by atoms with van der Waals surface area (Å²) in [5.74, 6) is -1.20. The number of nitrogens with zero attached hydrogens (tertiary/aromatic N) is 2. The zero-order valence-corrected chi connectivity index (χ0v) is 12.2. The summed E-state index contributed by atoms with van der Waals surface area (Å²) < 4.78 is 0. The van der Waals surface area contributed by atoms with Crippen LogP contribution in [-0.4, -0.2) is 24.5 Å². The van der Waals surface area contributed by atoms with Crippen LogP contribution in [0.4, 0.5) is 11.4 Å². The zero-order chi connectivity index (χ0) is 11.4. The molecule has 1 aromatic carbocycles. The average molecular weight is 248 g/mol. The number of hydrogen-bond acceptors (Lipinski definition) is 5. The maximum absolute atomic E-state index is 10.3. The summed E-state index contributed by atoms with van der Waals surface area (Å²) in [5.41, 5.74) is 0.561. The van der Waals surface area contributed by atoms with Gasteiger partial charge in [0.05, 0.1) is 17.4 Å². The number of carbonyl (C=O) groups excluding carboxylic acids is 1. The molecule has 80 valence electrons. The van der Waals surface area contributed by atoms with Gasteiger partial charge < -0.3 is 14.8 Å². The van der Waals surface area contributed by atoms with Crippen molar-refractivity contribution in [3.63, 3.8) is 0 Å². The fourth-order valence-corrected chi connectivity index (χ4v) is 1.11. The average Bonchev–Trinajstić information content (AvgIpc) is 2.17. The second-order valence-corrected chi connectivity index (χ2v) is 3.00. The van der Waals surface area contributed by atoms with Gasteiger partial charge >= 0.3 is 51.4 Å². The molecule has 0 aliphatic heterocycles. The number of likely N-dealkylation sites (N-methyl/N-ethyl adjacent to an activating group) is 1. The summed E-state index contributed by atoms with van der Waals surface area (Å²) in [6, 6.07) is 5.62. The molecule has 1 aromatic rings. The normalized spacial score (nSPS) is 9.06. The molecule has 0 saturated heterocycles. The first-order valence-corrected chi connectivity index (χ1v) is 4.16. The SMILES string of the molecule is CN(CC(=O)[O-])c1ccc([N+](=O)[O-])cc1.[K+]. The standard InChI is InChI=1S/C9H10N2O4.K/c1-10(6-9(12)13)7-2-4-8(5-3-7)11(14)15;/h2-5H,6H2,1H3,(H,12,13);/q;+1/p-1. The van der Waals surface area contributed by atoms with Crippen molar-refractivity contribution in [2.24, 2.45) is 0 Å². The molecule has 6 nitrogen and oxygen atoms in total.